The molecule has 110 valence electrons. The SMILES string of the molecule is CNCc1ccccc1OCC(=O)Nc1cccc(C)c1. The lowest BCUT2D eigenvalue weighted by Crippen LogP contribution is -2.20. The predicted molar refractivity (Wildman–Crippen MR) is 84.5 cm³/mol. The quantitative estimate of drug-likeness (QED) is 0.857. The van der Waals surface area contributed by atoms with E-state index in [0.717, 1.165) is 22.6 Å². The Morgan fingerprint density at radius 1 is 1.14 bits per heavy atom. The van der Waals surface area contributed by atoms with Gasteiger partial charge >= 0.3 is 0 Å². The van der Waals surface area contributed by atoms with Crippen LogP contribution in [-0.4, -0.2) is 19.6 Å². The first-order chi connectivity index (χ1) is 10.2. The van der Waals surface area contributed by atoms with Gasteiger partial charge in [-0.25, -0.2) is 0 Å². The van der Waals surface area contributed by atoms with E-state index < -0.39 is 0 Å². The number of para-hydroxylation sites is 1. The molecule has 2 rings (SSSR count). The maximum Gasteiger partial charge on any atom is 0.262 e. The Balaban J connectivity index is 1.92. The van der Waals surface area contributed by atoms with Crippen molar-refractivity contribution in [1.82, 2.24) is 5.32 Å². The van der Waals surface area contributed by atoms with Gasteiger partial charge in [-0.1, -0.05) is 30.3 Å². The highest BCUT2D eigenvalue weighted by atomic mass is 16.5. The molecule has 0 atom stereocenters. The molecule has 0 aliphatic carbocycles. The first-order valence-corrected chi connectivity index (χ1v) is 6.91. The normalized spacial score (nSPS) is 10.2. The van der Waals surface area contributed by atoms with Crippen molar-refractivity contribution in [1.29, 1.82) is 0 Å². The predicted octanol–water partition coefficient (Wildman–Crippen LogP) is 2.73. The van der Waals surface area contributed by atoms with Crippen LogP contribution in [0.5, 0.6) is 5.75 Å². The van der Waals surface area contributed by atoms with Crippen molar-refractivity contribution < 1.29 is 9.53 Å². The van der Waals surface area contributed by atoms with Crippen LogP contribution in [0.3, 0.4) is 0 Å². The summed E-state index contributed by atoms with van der Waals surface area (Å²) in [6.45, 7) is 2.69. The summed E-state index contributed by atoms with van der Waals surface area (Å²) in [6.07, 6.45) is 0. The van der Waals surface area contributed by atoms with E-state index in [0.29, 0.717) is 6.54 Å². The Morgan fingerprint density at radius 2 is 1.95 bits per heavy atom. The fourth-order valence-corrected chi connectivity index (χ4v) is 2.04. The van der Waals surface area contributed by atoms with Crippen molar-refractivity contribution in [2.45, 2.75) is 13.5 Å². The van der Waals surface area contributed by atoms with Gasteiger partial charge in [0.1, 0.15) is 5.75 Å². The smallest absolute Gasteiger partial charge is 0.262 e. The number of ether oxygens (including phenoxy) is 1. The average Bonchev–Trinajstić information content (AvgIpc) is 2.47. The van der Waals surface area contributed by atoms with E-state index in [1.165, 1.54) is 0 Å². The second kappa shape index (κ2) is 7.45. The van der Waals surface area contributed by atoms with Crippen molar-refractivity contribution in [3.05, 3.63) is 59.7 Å². The molecule has 0 unspecified atom stereocenters. The molecule has 2 aromatic carbocycles. The fraction of sp³-hybridized carbons (Fsp3) is 0.235. The van der Waals surface area contributed by atoms with Gasteiger partial charge in [0, 0.05) is 17.8 Å². The molecule has 4 heteroatoms. The van der Waals surface area contributed by atoms with Gasteiger partial charge in [0.2, 0.25) is 0 Å². The van der Waals surface area contributed by atoms with Crippen molar-refractivity contribution in [2.24, 2.45) is 0 Å². The maximum atomic E-state index is 11.9. The van der Waals surface area contributed by atoms with E-state index in [4.69, 9.17) is 4.74 Å². The lowest BCUT2D eigenvalue weighted by molar-refractivity contribution is -0.118. The van der Waals surface area contributed by atoms with Crippen molar-refractivity contribution in [3.63, 3.8) is 0 Å². The van der Waals surface area contributed by atoms with Gasteiger partial charge in [0.05, 0.1) is 0 Å². The van der Waals surface area contributed by atoms with Crippen molar-refractivity contribution in [2.75, 3.05) is 19.0 Å². The zero-order valence-corrected chi connectivity index (χ0v) is 12.3. The average molecular weight is 284 g/mol. The fourth-order valence-electron chi connectivity index (χ4n) is 2.04. The largest absolute Gasteiger partial charge is 0.483 e. The Bertz CT molecular complexity index is 611. The van der Waals surface area contributed by atoms with Gasteiger partial charge in [0.25, 0.3) is 5.91 Å². The highest BCUT2D eigenvalue weighted by Gasteiger charge is 2.06. The number of benzene rings is 2. The maximum absolute atomic E-state index is 11.9. The van der Waals surface area contributed by atoms with Crippen LogP contribution in [0, 0.1) is 6.92 Å². The van der Waals surface area contributed by atoms with E-state index in [1.54, 1.807) is 0 Å². The molecule has 2 N–H and O–H groups in total. The first-order valence-electron chi connectivity index (χ1n) is 6.91. The van der Waals surface area contributed by atoms with Crippen LogP contribution in [0.25, 0.3) is 0 Å². The number of rotatable bonds is 6. The lowest BCUT2D eigenvalue weighted by atomic mass is 10.2. The summed E-state index contributed by atoms with van der Waals surface area (Å²) in [5.74, 6) is 0.561. The van der Waals surface area contributed by atoms with Crippen LogP contribution in [0.15, 0.2) is 48.5 Å². The zero-order valence-electron chi connectivity index (χ0n) is 12.3. The van der Waals surface area contributed by atoms with Gasteiger partial charge < -0.3 is 15.4 Å². The second-order valence-electron chi connectivity index (χ2n) is 4.84. The van der Waals surface area contributed by atoms with E-state index in [2.05, 4.69) is 10.6 Å². The van der Waals surface area contributed by atoms with Crippen LogP contribution in [0.1, 0.15) is 11.1 Å². The molecule has 0 saturated carbocycles. The van der Waals surface area contributed by atoms with Crippen LogP contribution in [0.4, 0.5) is 5.69 Å². The Labute approximate surface area is 125 Å². The summed E-state index contributed by atoms with van der Waals surface area (Å²) in [7, 11) is 1.88. The van der Waals surface area contributed by atoms with Gasteiger partial charge in [-0.2, -0.15) is 0 Å². The number of aryl methyl sites for hydroxylation is 1. The third-order valence-electron chi connectivity index (χ3n) is 3.00. The van der Waals surface area contributed by atoms with Crippen LogP contribution >= 0.6 is 0 Å². The molecule has 0 bridgehead atoms. The summed E-state index contributed by atoms with van der Waals surface area (Å²) in [5, 5.41) is 5.90. The number of hydrogen-bond acceptors (Lipinski definition) is 3. The number of carbonyl (C=O) groups is 1. The molecule has 0 heterocycles. The Kier molecular flexibility index (Phi) is 5.35. The van der Waals surface area contributed by atoms with Crippen LogP contribution < -0.4 is 15.4 Å². The van der Waals surface area contributed by atoms with Crippen LogP contribution in [-0.2, 0) is 11.3 Å². The summed E-state index contributed by atoms with van der Waals surface area (Å²) < 4.78 is 5.60. The number of hydrogen-bond donors (Lipinski definition) is 2. The van der Waals surface area contributed by atoms with Gasteiger partial charge in [-0.05, 0) is 37.7 Å². The third kappa shape index (κ3) is 4.61. The molecule has 0 aromatic heterocycles. The highest BCUT2D eigenvalue weighted by Crippen LogP contribution is 2.17. The second-order valence-corrected chi connectivity index (χ2v) is 4.84. The zero-order chi connectivity index (χ0) is 15.1. The van der Waals surface area contributed by atoms with Gasteiger partial charge in [-0.15, -0.1) is 0 Å². The summed E-state index contributed by atoms with van der Waals surface area (Å²) in [4.78, 5) is 11.9. The molecule has 2 aromatic rings. The molecule has 21 heavy (non-hydrogen) atoms. The summed E-state index contributed by atoms with van der Waals surface area (Å²) in [5.41, 5.74) is 2.92. The van der Waals surface area contributed by atoms with Crippen LogP contribution in [0.2, 0.25) is 0 Å². The molecule has 1 amide bonds. The van der Waals surface area contributed by atoms with E-state index in [1.807, 2.05) is 62.5 Å². The Hall–Kier alpha value is -2.33. The lowest BCUT2D eigenvalue weighted by Gasteiger charge is -2.11. The van der Waals surface area contributed by atoms with E-state index in [-0.39, 0.29) is 12.5 Å². The molecular formula is C17H20N2O2. The van der Waals surface area contributed by atoms with Crippen molar-refractivity contribution in [3.8, 4) is 5.75 Å². The molecule has 0 saturated heterocycles. The molecule has 0 spiro atoms. The first kappa shape index (κ1) is 15.1. The minimum Gasteiger partial charge on any atom is -0.483 e. The number of nitrogens with one attached hydrogen (secondary N) is 2. The standard InChI is InChI=1S/C17H20N2O2/c1-13-6-5-8-15(10-13)19-17(20)12-21-16-9-4-3-7-14(16)11-18-2/h3-10,18H,11-12H2,1-2H3,(H,19,20). The molecule has 0 fully saturated rings. The molecule has 4 nitrogen and oxygen atoms in total. The molecule has 0 radical (unpaired) electrons. The monoisotopic (exact) mass is 284 g/mol. The number of anilines is 1. The van der Waals surface area contributed by atoms with E-state index in [9.17, 15) is 4.79 Å². The summed E-state index contributed by atoms with van der Waals surface area (Å²) in [6, 6.07) is 15.4. The van der Waals surface area contributed by atoms with Gasteiger partial charge in [-0.3, -0.25) is 4.79 Å². The van der Waals surface area contributed by atoms with E-state index >= 15 is 0 Å². The minimum absolute atomic E-state index is 0.00529. The minimum atomic E-state index is -0.167. The molecular weight excluding hydrogens is 264 g/mol. The molecule has 0 aliphatic rings. The van der Waals surface area contributed by atoms with Crippen molar-refractivity contribution >= 4 is 11.6 Å². The number of amides is 1. The third-order valence-corrected chi connectivity index (χ3v) is 3.00. The van der Waals surface area contributed by atoms with Gasteiger partial charge in [0.15, 0.2) is 6.61 Å². The summed E-state index contributed by atoms with van der Waals surface area (Å²) >= 11 is 0. The molecule has 0 aliphatic heterocycles. The topological polar surface area (TPSA) is 50.4 Å². The highest BCUT2D eigenvalue weighted by molar-refractivity contribution is 5.91. The Morgan fingerprint density at radius 3 is 2.71 bits per heavy atom. The number of carbonyl (C=O) groups excluding carboxylic acids is 1.